The molecule has 2 heterocycles. The highest BCUT2D eigenvalue weighted by Crippen LogP contribution is 2.29. The fraction of sp³-hybridized carbons (Fsp3) is 0.350. The highest BCUT2D eigenvalue weighted by Gasteiger charge is 2.37. The highest BCUT2D eigenvalue weighted by atomic mass is 16.5. The van der Waals surface area contributed by atoms with Crippen LogP contribution in [0.15, 0.2) is 54.6 Å². The minimum absolute atomic E-state index is 0.110. The predicted octanol–water partition coefficient (Wildman–Crippen LogP) is 3.87. The molecule has 2 aliphatic rings. The van der Waals surface area contributed by atoms with Crippen LogP contribution >= 0.6 is 0 Å². The van der Waals surface area contributed by atoms with Crippen LogP contribution in [-0.4, -0.2) is 36.1 Å². The van der Waals surface area contributed by atoms with Crippen molar-refractivity contribution in [1.82, 2.24) is 4.90 Å². The predicted molar refractivity (Wildman–Crippen MR) is 91.4 cm³/mol. The standard InChI is InChI=1S/C20H21NO3/c22-20(21-16-5-4-6-17(21)14-23-13-16)15-9-11-19(12-10-15)24-18-7-2-1-3-8-18/h1-3,7-12,16-17H,4-6,13-14H2. The minimum atomic E-state index is 0.110. The summed E-state index contributed by atoms with van der Waals surface area (Å²) in [6, 6.07) is 17.5. The molecule has 1 amide bonds. The molecule has 0 aliphatic carbocycles. The second-order valence-electron chi connectivity index (χ2n) is 6.43. The van der Waals surface area contributed by atoms with Crippen LogP contribution < -0.4 is 4.74 Å². The van der Waals surface area contributed by atoms with E-state index in [0.29, 0.717) is 18.8 Å². The first-order chi connectivity index (χ1) is 11.8. The highest BCUT2D eigenvalue weighted by molar-refractivity contribution is 5.95. The number of piperidine rings is 1. The topological polar surface area (TPSA) is 38.8 Å². The maximum absolute atomic E-state index is 12.9. The summed E-state index contributed by atoms with van der Waals surface area (Å²) < 4.78 is 11.4. The Morgan fingerprint density at radius 2 is 1.54 bits per heavy atom. The van der Waals surface area contributed by atoms with Crippen molar-refractivity contribution in [3.63, 3.8) is 0 Å². The van der Waals surface area contributed by atoms with Crippen LogP contribution in [0.1, 0.15) is 29.6 Å². The van der Waals surface area contributed by atoms with E-state index in [0.717, 1.165) is 24.3 Å². The van der Waals surface area contributed by atoms with Gasteiger partial charge in [-0.3, -0.25) is 4.79 Å². The molecule has 0 aromatic heterocycles. The van der Waals surface area contributed by atoms with Crippen LogP contribution in [-0.2, 0) is 4.74 Å². The molecule has 4 rings (SSSR count). The number of hydrogen-bond acceptors (Lipinski definition) is 3. The van der Waals surface area contributed by atoms with Gasteiger partial charge < -0.3 is 14.4 Å². The second kappa shape index (κ2) is 6.65. The zero-order valence-corrected chi connectivity index (χ0v) is 13.6. The Morgan fingerprint density at radius 3 is 2.21 bits per heavy atom. The van der Waals surface area contributed by atoms with E-state index < -0.39 is 0 Å². The average Bonchev–Trinajstić information content (AvgIpc) is 2.62. The summed E-state index contributed by atoms with van der Waals surface area (Å²) in [6.45, 7) is 1.33. The van der Waals surface area contributed by atoms with Crippen LogP contribution in [0, 0.1) is 0 Å². The van der Waals surface area contributed by atoms with Gasteiger partial charge in [-0.15, -0.1) is 0 Å². The van der Waals surface area contributed by atoms with Gasteiger partial charge in [0.2, 0.25) is 0 Å². The van der Waals surface area contributed by atoms with Gasteiger partial charge in [0.15, 0.2) is 0 Å². The van der Waals surface area contributed by atoms with Crippen molar-refractivity contribution in [1.29, 1.82) is 0 Å². The van der Waals surface area contributed by atoms with Crippen molar-refractivity contribution < 1.29 is 14.3 Å². The average molecular weight is 323 g/mol. The number of fused-ring (bicyclic) bond motifs is 2. The number of rotatable bonds is 3. The SMILES string of the molecule is O=C(c1ccc(Oc2ccccc2)cc1)N1C2CCCC1COC2. The monoisotopic (exact) mass is 323 g/mol. The van der Waals surface area contributed by atoms with Crippen molar-refractivity contribution >= 4 is 5.91 Å². The van der Waals surface area contributed by atoms with Gasteiger partial charge in [-0.05, 0) is 55.7 Å². The molecule has 0 spiro atoms. The number of para-hydroxylation sites is 1. The number of nitrogens with zero attached hydrogens (tertiary/aromatic N) is 1. The van der Waals surface area contributed by atoms with E-state index in [9.17, 15) is 4.79 Å². The molecule has 2 saturated heterocycles. The van der Waals surface area contributed by atoms with Crippen LogP contribution in [0.2, 0.25) is 0 Å². The molecule has 0 radical (unpaired) electrons. The normalized spacial score (nSPS) is 22.9. The maximum Gasteiger partial charge on any atom is 0.254 e. The smallest absolute Gasteiger partial charge is 0.254 e. The van der Waals surface area contributed by atoms with E-state index in [-0.39, 0.29) is 18.0 Å². The van der Waals surface area contributed by atoms with Crippen LogP contribution in [0.4, 0.5) is 0 Å². The lowest BCUT2D eigenvalue weighted by molar-refractivity contribution is -0.0565. The molecule has 24 heavy (non-hydrogen) atoms. The Balaban J connectivity index is 1.49. The summed E-state index contributed by atoms with van der Waals surface area (Å²) in [5, 5.41) is 0. The van der Waals surface area contributed by atoms with Crippen LogP contribution in [0.3, 0.4) is 0 Å². The summed E-state index contributed by atoms with van der Waals surface area (Å²) in [5.74, 6) is 1.64. The molecule has 2 aliphatic heterocycles. The van der Waals surface area contributed by atoms with E-state index >= 15 is 0 Å². The molecule has 2 atom stereocenters. The molecule has 0 N–H and O–H groups in total. The van der Waals surface area contributed by atoms with Gasteiger partial charge in [-0.25, -0.2) is 0 Å². The number of benzene rings is 2. The number of carbonyl (C=O) groups excluding carboxylic acids is 1. The van der Waals surface area contributed by atoms with E-state index in [4.69, 9.17) is 9.47 Å². The summed E-state index contributed by atoms with van der Waals surface area (Å²) in [6.07, 6.45) is 3.27. The summed E-state index contributed by atoms with van der Waals surface area (Å²) >= 11 is 0. The number of morpholine rings is 1. The van der Waals surface area contributed by atoms with Crippen molar-refractivity contribution in [2.24, 2.45) is 0 Å². The van der Waals surface area contributed by atoms with Gasteiger partial charge in [0.25, 0.3) is 5.91 Å². The Labute approximate surface area is 142 Å². The molecule has 124 valence electrons. The molecule has 0 saturated carbocycles. The number of ether oxygens (including phenoxy) is 2. The second-order valence-corrected chi connectivity index (χ2v) is 6.43. The lowest BCUT2D eigenvalue weighted by atomic mass is 9.93. The molecular weight excluding hydrogens is 302 g/mol. The molecule has 2 aromatic rings. The number of hydrogen-bond donors (Lipinski definition) is 0. The Kier molecular flexibility index (Phi) is 4.22. The van der Waals surface area contributed by atoms with Gasteiger partial charge >= 0.3 is 0 Å². The zero-order valence-electron chi connectivity index (χ0n) is 13.6. The van der Waals surface area contributed by atoms with E-state index in [1.807, 2.05) is 59.5 Å². The quantitative estimate of drug-likeness (QED) is 0.860. The number of amides is 1. The zero-order chi connectivity index (χ0) is 16.4. The van der Waals surface area contributed by atoms with E-state index in [1.165, 1.54) is 6.42 Å². The summed E-state index contributed by atoms with van der Waals surface area (Å²) in [4.78, 5) is 15.0. The van der Waals surface area contributed by atoms with Crippen LogP contribution in [0.5, 0.6) is 11.5 Å². The first-order valence-corrected chi connectivity index (χ1v) is 8.54. The van der Waals surface area contributed by atoms with Gasteiger partial charge in [-0.1, -0.05) is 18.2 Å². The van der Waals surface area contributed by atoms with Crippen LogP contribution in [0.25, 0.3) is 0 Å². The molecular formula is C20H21NO3. The van der Waals surface area contributed by atoms with Crippen molar-refractivity contribution in [2.75, 3.05) is 13.2 Å². The molecule has 2 fully saturated rings. The Morgan fingerprint density at radius 1 is 0.917 bits per heavy atom. The first kappa shape index (κ1) is 15.2. The third-order valence-electron chi connectivity index (χ3n) is 4.80. The van der Waals surface area contributed by atoms with Gasteiger partial charge in [0.1, 0.15) is 11.5 Å². The number of carbonyl (C=O) groups is 1. The van der Waals surface area contributed by atoms with E-state index in [1.54, 1.807) is 0 Å². The largest absolute Gasteiger partial charge is 0.457 e. The minimum Gasteiger partial charge on any atom is -0.457 e. The molecule has 4 nitrogen and oxygen atoms in total. The third kappa shape index (κ3) is 3.02. The maximum atomic E-state index is 12.9. The Bertz CT molecular complexity index is 677. The fourth-order valence-electron chi connectivity index (χ4n) is 3.60. The van der Waals surface area contributed by atoms with Gasteiger partial charge in [0, 0.05) is 5.56 Å². The van der Waals surface area contributed by atoms with Gasteiger partial charge in [-0.2, -0.15) is 0 Å². The molecule has 2 bridgehead atoms. The lowest BCUT2D eigenvalue weighted by Gasteiger charge is -2.45. The van der Waals surface area contributed by atoms with Crippen molar-refractivity contribution in [3.8, 4) is 11.5 Å². The first-order valence-electron chi connectivity index (χ1n) is 8.54. The summed E-state index contributed by atoms with van der Waals surface area (Å²) in [7, 11) is 0. The third-order valence-corrected chi connectivity index (χ3v) is 4.80. The molecule has 4 heteroatoms. The van der Waals surface area contributed by atoms with Crippen molar-refractivity contribution in [2.45, 2.75) is 31.3 Å². The van der Waals surface area contributed by atoms with E-state index in [2.05, 4.69) is 0 Å². The summed E-state index contributed by atoms with van der Waals surface area (Å²) in [5.41, 5.74) is 0.717. The van der Waals surface area contributed by atoms with Gasteiger partial charge in [0.05, 0.1) is 25.3 Å². The lowest BCUT2D eigenvalue weighted by Crippen LogP contribution is -2.57. The molecule has 2 aromatic carbocycles. The molecule has 2 unspecified atom stereocenters. The van der Waals surface area contributed by atoms with Crippen molar-refractivity contribution in [3.05, 3.63) is 60.2 Å². The Hall–Kier alpha value is -2.33. The fourth-order valence-corrected chi connectivity index (χ4v) is 3.60.